The lowest BCUT2D eigenvalue weighted by Gasteiger charge is -2.37. The monoisotopic (exact) mass is 317 g/mol. The number of aromatic amines is 1. The van der Waals surface area contributed by atoms with E-state index in [1.54, 1.807) is 23.2 Å². The first kappa shape index (κ1) is 15.7. The molecule has 7 nitrogen and oxygen atoms in total. The molecule has 124 valence electrons. The number of hydrogen-bond donors (Lipinski definition) is 1. The topological polar surface area (TPSA) is 73.7 Å². The zero-order valence-corrected chi connectivity index (χ0v) is 13.8. The van der Waals surface area contributed by atoms with Gasteiger partial charge in [0.25, 0.3) is 5.91 Å². The van der Waals surface area contributed by atoms with Crippen LogP contribution in [0.4, 0.5) is 0 Å². The lowest BCUT2D eigenvalue weighted by molar-refractivity contribution is 0.0638. The molecule has 0 saturated carbocycles. The average molecular weight is 317 g/mol. The van der Waals surface area contributed by atoms with E-state index in [1.165, 1.54) is 4.40 Å². The van der Waals surface area contributed by atoms with Gasteiger partial charge in [0.15, 0.2) is 5.65 Å². The van der Waals surface area contributed by atoms with Crippen molar-refractivity contribution in [3.8, 4) is 0 Å². The van der Waals surface area contributed by atoms with Gasteiger partial charge < -0.3 is 9.80 Å². The molecule has 3 heterocycles. The maximum atomic E-state index is 12.9. The highest BCUT2D eigenvalue weighted by Gasteiger charge is 2.28. The molecule has 2 aromatic heterocycles. The van der Waals surface area contributed by atoms with Crippen molar-refractivity contribution in [1.82, 2.24) is 24.4 Å². The minimum Gasteiger partial charge on any atom is -0.339 e. The van der Waals surface area contributed by atoms with Crippen molar-refractivity contribution in [2.75, 3.05) is 27.2 Å². The van der Waals surface area contributed by atoms with Gasteiger partial charge in [0.1, 0.15) is 0 Å². The summed E-state index contributed by atoms with van der Waals surface area (Å²) in [5, 5.41) is 6.36. The molecule has 0 radical (unpaired) electrons. The molecule has 0 spiro atoms. The third-order valence-corrected chi connectivity index (χ3v) is 5.05. The van der Waals surface area contributed by atoms with Gasteiger partial charge in [-0.1, -0.05) is 0 Å². The van der Waals surface area contributed by atoms with E-state index in [4.69, 9.17) is 0 Å². The number of rotatable bonds is 3. The fraction of sp³-hybridized carbons (Fsp3) is 0.562. The Morgan fingerprint density at radius 1 is 1.43 bits per heavy atom. The number of piperidine rings is 1. The summed E-state index contributed by atoms with van der Waals surface area (Å²) in [6.45, 7) is 4.24. The van der Waals surface area contributed by atoms with Crippen molar-refractivity contribution in [2.24, 2.45) is 5.92 Å². The lowest BCUT2D eigenvalue weighted by atomic mass is 9.89. The van der Waals surface area contributed by atoms with Crippen LogP contribution in [-0.2, 0) is 0 Å². The highest BCUT2D eigenvalue weighted by molar-refractivity contribution is 5.99. The summed E-state index contributed by atoms with van der Waals surface area (Å²) in [5.41, 5.74) is 0.499. The third kappa shape index (κ3) is 2.88. The summed E-state index contributed by atoms with van der Waals surface area (Å²) in [7, 11) is 3.96. The van der Waals surface area contributed by atoms with Gasteiger partial charge >= 0.3 is 5.69 Å². The minimum absolute atomic E-state index is 0.0963. The number of likely N-dealkylation sites (tertiary alicyclic amines) is 1. The largest absolute Gasteiger partial charge is 0.347 e. The SMILES string of the molecule is CC(C1CCN(C)CC1)N(C)C(=O)c1cccn2c(=O)[nH]nc12. The van der Waals surface area contributed by atoms with Crippen LogP contribution in [-0.4, -0.2) is 63.5 Å². The summed E-state index contributed by atoms with van der Waals surface area (Å²) >= 11 is 0. The maximum absolute atomic E-state index is 12.9. The molecule has 1 unspecified atom stereocenters. The van der Waals surface area contributed by atoms with Crippen molar-refractivity contribution >= 4 is 11.6 Å². The first-order chi connectivity index (χ1) is 11.0. The standard InChI is InChI=1S/C16H23N5O2/c1-11(12-6-9-19(2)10-7-12)20(3)15(22)13-5-4-8-21-14(13)17-18-16(21)23/h4-5,8,11-12H,6-7,9-10H2,1-3H3,(H,18,23). The minimum atomic E-state index is -0.333. The lowest BCUT2D eigenvalue weighted by Crippen LogP contribution is -2.44. The number of amides is 1. The Morgan fingerprint density at radius 3 is 2.83 bits per heavy atom. The van der Waals surface area contributed by atoms with E-state index in [1.807, 2.05) is 7.05 Å². The Hall–Kier alpha value is -2.15. The average Bonchev–Trinajstić information content (AvgIpc) is 2.95. The summed E-state index contributed by atoms with van der Waals surface area (Å²) < 4.78 is 1.36. The molecule has 7 heteroatoms. The van der Waals surface area contributed by atoms with E-state index >= 15 is 0 Å². The smallest absolute Gasteiger partial charge is 0.339 e. The van der Waals surface area contributed by atoms with Gasteiger partial charge in [-0.15, -0.1) is 0 Å². The van der Waals surface area contributed by atoms with Crippen molar-refractivity contribution in [2.45, 2.75) is 25.8 Å². The predicted octanol–water partition coefficient (Wildman–Crippen LogP) is 0.825. The molecule has 1 N–H and O–H groups in total. The van der Waals surface area contributed by atoms with Gasteiger partial charge in [-0.3, -0.25) is 4.79 Å². The van der Waals surface area contributed by atoms with Crippen LogP contribution in [0.25, 0.3) is 5.65 Å². The van der Waals surface area contributed by atoms with Gasteiger partial charge in [0.05, 0.1) is 5.56 Å². The van der Waals surface area contributed by atoms with E-state index in [-0.39, 0.29) is 17.6 Å². The first-order valence-corrected chi connectivity index (χ1v) is 8.00. The van der Waals surface area contributed by atoms with Crippen molar-refractivity contribution in [3.05, 3.63) is 34.4 Å². The number of hydrogen-bond acceptors (Lipinski definition) is 4. The van der Waals surface area contributed by atoms with Crippen LogP contribution in [0.5, 0.6) is 0 Å². The third-order valence-electron chi connectivity index (χ3n) is 5.05. The van der Waals surface area contributed by atoms with E-state index < -0.39 is 0 Å². The van der Waals surface area contributed by atoms with Crippen LogP contribution in [0.15, 0.2) is 23.1 Å². The van der Waals surface area contributed by atoms with Gasteiger partial charge in [0.2, 0.25) is 0 Å². The second-order valence-corrected chi connectivity index (χ2v) is 6.44. The molecule has 1 saturated heterocycles. The van der Waals surface area contributed by atoms with Gasteiger partial charge in [-0.25, -0.2) is 14.3 Å². The zero-order chi connectivity index (χ0) is 16.6. The molecule has 0 bridgehead atoms. The molecule has 0 aromatic carbocycles. The number of nitrogens with zero attached hydrogens (tertiary/aromatic N) is 4. The zero-order valence-electron chi connectivity index (χ0n) is 13.8. The molecular weight excluding hydrogens is 294 g/mol. The molecule has 1 fully saturated rings. The molecule has 1 amide bonds. The highest BCUT2D eigenvalue weighted by atomic mass is 16.2. The molecule has 1 aliphatic rings. The van der Waals surface area contributed by atoms with E-state index in [0.717, 1.165) is 25.9 Å². The Morgan fingerprint density at radius 2 is 2.13 bits per heavy atom. The van der Waals surface area contributed by atoms with Crippen LogP contribution < -0.4 is 5.69 Å². The molecular formula is C16H23N5O2. The predicted molar refractivity (Wildman–Crippen MR) is 87.6 cm³/mol. The fourth-order valence-electron chi connectivity index (χ4n) is 3.30. The Balaban J connectivity index is 1.82. The normalized spacial score (nSPS) is 18.2. The molecule has 3 rings (SSSR count). The highest BCUT2D eigenvalue weighted by Crippen LogP contribution is 2.24. The summed E-state index contributed by atoms with van der Waals surface area (Å²) in [5.74, 6) is 0.405. The number of carbonyl (C=O) groups excluding carboxylic acids is 1. The maximum Gasteiger partial charge on any atom is 0.347 e. The number of fused-ring (bicyclic) bond motifs is 1. The number of nitrogens with one attached hydrogen (secondary N) is 1. The van der Waals surface area contributed by atoms with E-state index in [9.17, 15) is 9.59 Å². The van der Waals surface area contributed by atoms with Crippen LogP contribution in [0.2, 0.25) is 0 Å². The Labute approximate surface area is 134 Å². The van der Waals surface area contributed by atoms with Crippen molar-refractivity contribution < 1.29 is 4.79 Å². The van der Waals surface area contributed by atoms with Crippen molar-refractivity contribution in [3.63, 3.8) is 0 Å². The Kier molecular flexibility index (Phi) is 4.21. The quantitative estimate of drug-likeness (QED) is 0.910. The second kappa shape index (κ2) is 6.16. The van der Waals surface area contributed by atoms with Crippen molar-refractivity contribution in [1.29, 1.82) is 0 Å². The number of pyridine rings is 1. The molecule has 0 aliphatic carbocycles. The van der Waals surface area contributed by atoms with E-state index in [2.05, 4.69) is 29.1 Å². The fourth-order valence-corrected chi connectivity index (χ4v) is 3.30. The van der Waals surface area contributed by atoms with E-state index in [0.29, 0.717) is 17.1 Å². The number of aromatic nitrogens is 3. The van der Waals surface area contributed by atoms with Crippen LogP contribution >= 0.6 is 0 Å². The van der Waals surface area contributed by atoms with Gasteiger partial charge in [-0.2, -0.15) is 5.10 Å². The molecule has 1 atom stereocenters. The molecule has 2 aromatic rings. The number of carbonyl (C=O) groups is 1. The van der Waals surface area contributed by atoms with Crippen LogP contribution in [0.3, 0.4) is 0 Å². The number of H-pyrrole nitrogens is 1. The second-order valence-electron chi connectivity index (χ2n) is 6.44. The first-order valence-electron chi connectivity index (χ1n) is 8.00. The molecule has 23 heavy (non-hydrogen) atoms. The summed E-state index contributed by atoms with van der Waals surface area (Å²) in [6.07, 6.45) is 3.81. The summed E-state index contributed by atoms with van der Waals surface area (Å²) in [6, 6.07) is 3.57. The van der Waals surface area contributed by atoms with Gasteiger partial charge in [0, 0.05) is 19.3 Å². The van der Waals surface area contributed by atoms with Crippen LogP contribution in [0, 0.1) is 5.92 Å². The molecule has 1 aliphatic heterocycles. The van der Waals surface area contributed by atoms with Gasteiger partial charge in [-0.05, 0) is 58.0 Å². The van der Waals surface area contributed by atoms with Crippen LogP contribution in [0.1, 0.15) is 30.1 Å². The Bertz CT molecular complexity index is 757. The summed E-state index contributed by atoms with van der Waals surface area (Å²) in [4.78, 5) is 28.6.